The number of carbonyl (C=O) groups is 2. The Morgan fingerprint density at radius 3 is 1.18 bits per heavy atom. The smallest absolute Gasteiger partial charge is 0.306 e. The topological polar surface area (TPSA) is 69.4 Å². The molecule has 0 unspecified atom stereocenters. The standard InChI is InChI=1S/C22H43NO3.C2H6/c1-22(2,3)26-21(25)19-17-15-13-11-9-7-5-4-6-8-10-12-14-16-18-20(23)24;1-2/h4-19H2,1-3H3,(H2,23,24);1-2H3. The average molecular weight is 400 g/mol. The molecule has 0 atom stereocenters. The molecule has 168 valence electrons. The van der Waals surface area contributed by atoms with Crippen molar-refractivity contribution in [1.82, 2.24) is 0 Å². The van der Waals surface area contributed by atoms with E-state index in [0.29, 0.717) is 12.8 Å². The van der Waals surface area contributed by atoms with Gasteiger partial charge in [0, 0.05) is 12.8 Å². The predicted molar refractivity (Wildman–Crippen MR) is 120 cm³/mol. The summed E-state index contributed by atoms with van der Waals surface area (Å²) in [7, 11) is 0. The van der Waals surface area contributed by atoms with Crippen LogP contribution in [0.1, 0.15) is 137 Å². The van der Waals surface area contributed by atoms with Gasteiger partial charge in [0.1, 0.15) is 5.60 Å². The van der Waals surface area contributed by atoms with Crippen molar-refractivity contribution in [2.75, 3.05) is 0 Å². The maximum atomic E-state index is 11.6. The van der Waals surface area contributed by atoms with Crippen molar-refractivity contribution in [1.29, 1.82) is 0 Å². The van der Waals surface area contributed by atoms with Gasteiger partial charge in [-0.05, 0) is 33.6 Å². The van der Waals surface area contributed by atoms with Crippen LogP contribution < -0.4 is 5.73 Å². The molecule has 0 bridgehead atoms. The highest BCUT2D eigenvalue weighted by Crippen LogP contribution is 2.14. The van der Waals surface area contributed by atoms with Gasteiger partial charge in [0.05, 0.1) is 0 Å². The van der Waals surface area contributed by atoms with Crippen molar-refractivity contribution in [2.45, 2.75) is 143 Å². The van der Waals surface area contributed by atoms with Gasteiger partial charge in [-0.15, -0.1) is 0 Å². The van der Waals surface area contributed by atoms with Gasteiger partial charge in [-0.2, -0.15) is 0 Å². The van der Waals surface area contributed by atoms with Crippen LogP contribution in [0.4, 0.5) is 0 Å². The molecular formula is C24H49NO3. The summed E-state index contributed by atoms with van der Waals surface area (Å²) in [5, 5.41) is 0. The van der Waals surface area contributed by atoms with E-state index < -0.39 is 0 Å². The fourth-order valence-electron chi connectivity index (χ4n) is 3.08. The first kappa shape index (κ1) is 29.1. The number of hydrogen-bond donors (Lipinski definition) is 1. The van der Waals surface area contributed by atoms with Crippen molar-refractivity contribution in [3.05, 3.63) is 0 Å². The molecule has 4 heteroatoms. The lowest BCUT2D eigenvalue weighted by molar-refractivity contribution is -0.154. The molecule has 0 saturated carbocycles. The second kappa shape index (κ2) is 20.7. The highest BCUT2D eigenvalue weighted by atomic mass is 16.6. The van der Waals surface area contributed by atoms with E-state index in [9.17, 15) is 9.59 Å². The van der Waals surface area contributed by atoms with E-state index in [4.69, 9.17) is 10.5 Å². The summed E-state index contributed by atoms with van der Waals surface area (Å²) in [6, 6.07) is 0. The van der Waals surface area contributed by atoms with Crippen molar-refractivity contribution in [3.8, 4) is 0 Å². The summed E-state index contributed by atoms with van der Waals surface area (Å²) >= 11 is 0. The molecule has 0 radical (unpaired) electrons. The molecule has 0 aliphatic heterocycles. The first-order chi connectivity index (χ1) is 13.3. The monoisotopic (exact) mass is 399 g/mol. The van der Waals surface area contributed by atoms with Crippen LogP contribution in [-0.2, 0) is 14.3 Å². The number of rotatable bonds is 17. The Hall–Kier alpha value is -1.06. The molecule has 0 aromatic rings. The highest BCUT2D eigenvalue weighted by molar-refractivity contribution is 5.73. The van der Waals surface area contributed by atoms with Crippen molar-refractivity contribution >= 4 is 11.9 Å². The molecule has 1 amide bonds. The van der Waals surface area contributed by atoms with Crippen LogP contribution in [0.15, 0.2) is 0 Å². The van der Waals surface area contributed by atoms with E-state index in [0.717, 1.165) is 25.7 Å². The third-order valence-electron chi connectivity index (χ3n) is 4.47. The number of amides is 1. The van der Waals surface area contributed by atoms with Crippen LogP contribution in [-0.4, -0.2) is 17.5 Å². The number of ether oxygens (including phenoxy) is 1. The predicted octanol–water partition coefficient (Wildman–Crippen LogP) is 7.08. The molecule has 0 aromatic heterocycles. The van der Waals surface area contributed by atoms with Crippen LogP contribution in [0, 0.1) is 0 Å². The number of esters is 1. The van der Waals surface area contributed by atoms with E-state index in [2.05, 4.69) is 0 Å². The second-order valence-electron chi connectivity index (χ2n) is 8.50. The average Bonchev–Trinajstić information content (AvgIpc) is 2.61. The van der Waals surface area contributed by atoms with E-state index in [1.54, 1.807) is 0 Å². The summed E-state index contributed by atoms with van der Waals surface area (Å²) in [6.07, 6.45) is 18.3. The minimum atomic E-state index is -0.359. The van der Waals surface area contributed by atoms with Gasteiger partial charge in [-0.1, -0.05) is 90.9 Å². The number of unbranched alkanes of at least 4 members (excludes halogenated alkanes) is 13. The normalized spacial score (nSPS) is 10.9. The van der Waals surface area contributed by atoms with Gasteiger partial charge in [0.25, 0.3) is 0 Å². The molecule has 28 heavy (non-hydrogen) atoms. The van der Waals surface area contributed by atoms with Gasteiger partial charge in [0.2, 0.25) is 5.91 Å². The molecule has 4 nitrogen and oxygen atoms in total. The zero-order valence-electron chi connectivity index (χ0n) is 19.6. The largest absolute Gasteiger partial charge is 0.460 e. The molecule has 0 saturated heterocycles. The first-order valence-electron chi connectivity index (χ1n) is 11.8. The Morgan fingerprint density at radius 1 is 0.607 bits per heavy atom. The quantitative estimate of drug-likeness (QED) is 0.210. The molecule has 2 N–H and O–H groups in total. The van der Waals surface area contributed by atoms with E-state index in [1.165, 1.54) is 64.2 Å². The van der Waals surface area contributed by atoms with Crippen LogP contribution in [0.25, 0.3) is 0 Å². The molecular weight excluding hydrogens is 350 g/mol. The Morgan fingerprint density at radius 2 is 0.893 bits per heavy atom. The number of carbonyl (C=O) groups excluding carboxylic acids is 2. The summed E-state index contributed by atoms with van der Waals surface area (Å²) in [4.78, 5) is 22.2. The lowest BCUT2D eigenvalue weighted by Crippen LogP contribution is -2.23. The third kappa shape index (κ3) is 27.2. The SMILES string of the molecule is CC.CC(C)(C)OC(=O)CCCCCCCCCCCCCCCCC(N)=O. The van der Waals surface area contributed by atoms with E-state index in [1.807, 2.05) is 34.6 Å². The third-order valence-corrected chi connectivity index (χ3v) is 4.47. The van der Waals surface area contributed by atoms with Crippen LogP contribution in [0.3, 0.4) is 0 Å². The zero-order chi connectivity index (χ0) is 21.7. The minimum absolute atomic E-state index is 0.0645. The molecule has 0 rings (SSSR count). The lowest BCUT2D eigenvalue weighted by atomic mass is 10.0. The fourth-order valence-corrected chi connectivity index (χ4v) is 3.08. The van der Waals surface area contributed by atoms with Crippen molar-refractivity contribution in [2.24, 2.45) is 5.73 Å². The Kier molecular flexibility index (Phi) is 21.5. The van der Waals surface area contributed by atoms with Gasteiger partial charge in [0.15, 0.2) is 0 Å². The van der Waals surface area contributed by atoms with E-state index >= 15 is 0 Å². The summed E-state index contributed by atoms with van der Waals surface area (Å²) in [5.41, 5.74) is 4.76. The van der Waals surface area contributed by atoms with E-state index in [-0.39, 0.29) is 17.5 Å². The molecule has 0 aliphatic carbocycles. The molecule has 0 fully saturated rings. The summed E-state index contributed by atoms with van der Waals surface area (Å²) in [6.45, 7) is 9.74. The van der Waals surface area contributed by atoms with Crippen LogP contribution in [0.2, 0.25) is 0 Å². The summed E-state index contributed by atoms with van der Waals surface area (Å²) in [5.74, 6) is -0.238. The lowest BCUT2D eigenvalue weighted by Gasteiger charge is -2.19. The summed E-state index contributed by atoms with van der Waals surface area (Å²) < 4.78 is 5.31. The maximum Gasteiger partial charge on any atom is 0.306 e. The Bertz CT molecular complexity index is 361. The van der Waals surface area contributed by atoms with Gasteiger partial charge in [-0.25, -0.2) is 0 Å². The van der Waals surface area contributed by atoms with Gasteiger partial charge in [-0.3, -0.25) is 9.59 Å². The molecule has 0 heterocycles. The highest BCUT2D eigenvalue weighted by Gasteiger charge is 2.15. The zero-order valence-corrected chi connectivity index (χ0v) is 19.6. The second-order valence-corrected chi connectivity index (χ2v) is 8.50. The van der Waals surface area contributed by atoms with Crippen LogP contribution >= 0.6 is 0 Å². The number of hydrogen-bond acceptors (Lipinski definition) is 3. The van der Waals surface area contributed by atoms with Crippen molar-refractivity contribution in [3.63, 3.8) is 0 Å². The van der Waals surface area contributed by atoms with Gasteiger partial charge < -0.3 is 10.5 Å². The molecule has 0 aliphatic rings. The van der Waals surface area contributed by atoms with Crippen molar-refractivity contribution < 1.29 is 14.3 Å². The number of nitrogens with two attached hydrogens (primary N) is 1. The molecule has 0 spiro atoms. The Balaban J connectivity index is 0. The minimum Gasteiger partial charge on any atom is -0.460 e. The van der Waals surface area contributed by atoms with Crippen LogP contribution in [0.5, 0.6) is 0 Å². The Labute approximate surface area is 175 Å². The van der Waals surface area contributed by atoms with Gasteiger partial charge >= 0.3 is 5.97 Å². The molecule has 0 aromatic carbocycles. The maximum absolute atomic E-state index is 11.6. The fraction of sp³-hybridized carbons (Fsp3) is 0.917. The first-order valence-corrected chi connectivity index (χ1v) is 11.8. The number of primary amides is 1.